The molecule has 110 valence electrons. The molecule has 0 N–H and O–H groups in total. The van der Waals surface area contributed by atoms with Crippen molar-refractivity contribution in [3.63, 3.8) is 0 Å². The minimum absolute atomic E-state index is 0.00872. The summed E-state index contributed by atoms with van der Waals surface area (Å²) in [6.45, 7) is 15.3. The van der Waals surface area contributed by atoms with Gasteiger partial charge in [-0.25, -0.2) is 0 Å². The summed E-state index contributed by atoms with van der Waals surface area (Å²) in [6.07, 6.45) is 0. The van der Waals surface area contributed by atoms with E-state index in [1.807, 2.05) is 0 Å². The normalized spacial score (nSPS) is 12.4. The molecule has 2 aromatic rings. The first kappa shape index (κ1) is 16.4. The van der Waals surface area contributed by atoms with Gasteiger partial charge in [0.2, 0.25) is 0 Å². The van der Waals surface area contributed by atoms with Crippen molar-refractivity contribution in [3.05, 3.63) is 73.7 Å². The van der Waals surface area contributed by atoms with Crippen LogP contribution in [0, 0.1) is 14.1 Å². The molecule has 0 heterocycles. The van der Waals surface area contributed by atoms with Gasteiger partial charge >= 0.3 is 21.2 Å². The Morgan fingerprint density at radius 2 is 1.05 bits per heavy atom. The molecule has 0 saturated heterocycles. The van der Waals surface area contributed by atoms with E-state index in [0.717, 1.165) is 0 Å². The first-order valence-electron chi connectivity index (χ1n) is 7.37. The predicted molar refractivity (Wildman–Crippen MR) is 87.4 cm³/mol. The Kier molecular flexibility index (Phi) is 4.72. The van der Waals surface area contributed by atoms with Gasteiger partial charge in [-0.3, -0.25) is 0 Å². The fourth-order valence-corrected chi connectivity index (χ4v) is 4.26. The summed E-state index contributed by atoms with van der Waals surface area (Å²) in [6, 6.07) is 18.2. The van der Waals surface area contributed by atoms with Crippen molar-refractivity contribution in [1.82, 2.24) is 0 Å². The lowest BCUT2D eigenvalue weighted by Crippen LogP contribution is -3.61. The van der Waals surface area contributed by atoms with E-state index in [0.29, 0.717) is 0 Å². The van der Waals surface area contributed by atoms with E-state index in [1.54, 1.807) is 0 Å². The molecule has 2 aromatic carbocycles. The lowest BCUT2D eigenvalue weighted by atomic mass is 9.87. The van der Waals surface area contributed by atoms with Crippen LogP contribution in [0.4, 0.5) is 0 Å². The second-order valence-electron chi connectivity index (χ2n) is 7.24. The van der Waals surface area contributed by atoms with Crippen LogP contribution < -0.4 is 21.2 Å². The van der Waals surface area contributed by atoms with E-state index in [-0.39, 0.29) is 32.0 Å². The third-order valence-corrected chi connectivity index (χ3v) is 6.24. The Morgan fingerprint density at radius 1 is 0.667 bits per heavy atom. The van der Waals surface area contributed by atoms with Crippen LogP contribution >= 0.6 is 0 Å². The largest absolute Gasteiger partial charge is 0.357 e. The minimum Gasteiger partial charge on any atom is -0.0561 e. The molecule has 21 heavy (non-hydrogen) atoms. The van der Waals surface area contributed by atoms with Gasteiger partial charge in [0.1, 0.15) is 5.41 Å². The monoisotopic (exact) mass is 392 g/mol. The Balaban J connectivity index is 2.12. The zero-order valence-electron chi connectivity index (χ0n) is 13.7. The summed E-state index contributed by atoms with van der Waals surface area (Å²) >= 11 is -0.0907. The van der Waals surface area contributed by atoms with E-state index >= 15 is 0 Å². The Hall–Kier alpha value is -0.960. The third-order valence-electron chi connectivity index (χ3n) is 3.55. The lowest BCUT2D eigenvalue weighted by molar-refractivity contribution is -0.597. The average molecular weight is 392 g/mol. The average Bonchev–Trinajstić information content (AvgIpc) is 2.38. The highest BCUT2D eigenvalue weighted by molar-refractivity contribution is 5.24. The van der Waals surface area contributed by atoms with Crippen LogP contribution in [-0.2, 0) is 10.8 Å². The van der Waals surface area contributed by atoms with Crippen LogP contribution in [-0.4, -0.2) is 0 Å². The van der Waals surface area contributed by atoms with Crippen LogP contribution in [0.5, 0.6) is 0 Å². The van der Waals surface area contributed by atoms with Crippen molar-refractivity contribution in [1.29, 1.82) is 0 Å². The first-order valence-corrected chi connectivity index (χ1v) is 9.53. The van der Waals surface area contributed by atoms with Crippen molar-refractivity contribution < 1.29 is 21.2 Å². The molecule has 0 bridgehead atoms. The second kappa shape index (κ2) is 6.04. The number of hydrogen-bond acceptors (Lipinski definition) is 0. The van der Waals surface area contributed by atoms with Crippen molar-refractivity contribution in [2.24, 2.45) is 0 Å². The van der Waals surface area contributed by atoms with Gasteiger partial charge < -0.3 is 0 Å². The molecule has 0 amide bonds. The van der Waals surface area contributed by atoms with Crippen molar-refractivity contribution >= 4 is 0 Å². The van der Waals surface area contributed by atoms with Gasteiger partial charge in [-0.05, 0) is 61.2 Å². The summed E-state index contributed by atoms with van der Waals surface area (Å²) in [5.74, 6) is 0. The van der Waals surface area contributed by atoms with Crippen LogP contribution in [0.1, 0.15) is 45.7 Å². The predicted octanol–water partition coefficient (Wildman–Crippen LogP) is 2.22. The lowest BCUT2D eigenvalue weighted by Gasteiger charge is -2.18. The van der Waals surface area contributed by atoms with Gasteiger partial charge in [0.15, 0.2) is 7.14 Å². The maximum atomic E-state index is 4.20. The molecule has 0 nitrogen and oxygen atoms in total. The molecule has 1 heteroatoms. The van der Waals surface area contributed by atoms with Gasteiger partial charge in [-0.2, -0.15) is 0 Å². The maximum Gasteiger partial charge on any atom is 0.357 e. The number of rotatable bonds is 3. The van der Waals surface area contributed by atoms with Crippen LogP contribution in [0.3, 0.4) is 0 Å². The van der Waals surface area contributed by atoms with Gasteiger partial charge in [0.25, 0.3) is 0 Å². The molecule has 0 aliphatic carbocycles. The summed E-state index contributed by atoms with van der Waals surface area (Å²) in [5, 5.41) is 0. The molecular weight excluding hydrogens is 367 g/mol. The highest BCUT2D eigenvalue weighted by atomic mass is 127. The highest BCUT2D eigenvalue weighted by Crippen LogP contribution is 2.21. The first-order chi connectivity index (χ1) is 9.66. The fraction of sp³-hybridized carbons (Fsp3) is 0.350. The van der Waals surface area contributed by atoms with E-state index in [1.165, 1.54) is 18.3 Å². The number of hydrogen-bond donors (Lipinski definition) is 0. The molecule has 0 unspecified atom stereocenters. The summed E-state index contributed by atoms with van der Waals surface area (Å²) < 4.78 is 2.94. The van der Waals surface area contributed by atoms with Gasteiger partial charge in [-0.15, -0.1) is 0 Å². The number of benzene rings is 2. The van der Waals surface area contributed by atoms with Gasteiger partial charge in [-0.1, -0.05) is 32.9 Å². The molecule has 0 atom stereocenters. The molecule has 0 radical (unpaired) electrons. The Labute approximate surface area is 140 Å². The summed E-state index contributed by atoms with van der Waals surface area (Å²) in [4.78, 5) is 0. The number of halogens is 1. The molecule has 2 rings (SSSR count). The topological polar surface area (TPSA) is 0 Å². The standard InChI is InChI=1S/C20H25I/c1-19(2,3)15-7-11-17(12-8-15)21-18-13-9-16(10-14-18)20(4,5)6/h7-14H,1H2,2-6H3/q+2. The van der Waals surface area contributed by atoms with E-state index < -0.39 is 0 Å². The highest BCUT2D eigenvalue weighted by Gasteiger charge is 2.23. The van der Waals surface area contributed by atoms with E-state index in [4.69, 9.17) is 0 Å². The molecule has 0 fully saturated rings. The smallest absolute Gasteiger partial charge is 0.0561 e. The fourth-order valence-electron chi connectivity index (χ4n) is 2.10. The maximum absolute atomic E-state index is 4.20. The zero-order valence-corrected chi connectivity index (χ0v) is 15.9. The zero-order chi connectivity index (χ0) is 15.7. The molecular formula is C20H25I+2. The SMILES string of the molecule is [CH2+]C(C)(C)c1ccc([I+]c2ccc(C(C)(C)C)cc2)cc1. The third kappa shape index (κ3) is 4.50. The quantitative estimate of drug-likeness (QED) is 0.555. The minimum atomic E-state index is -0.0907. The van der Waals surface area contributed by atoms with Crippen LogP contribution in [0.15, 0.2) is 48.5 Å². The van der Waals surface area contributed by atoms with Crippen molar-refractivity contribution in [2.75, 3.05) is 0 Å². The van der Waals surface area contributed by atoms with Gasteiger partial charge in [0, 0.05) is 5.56 Å². The Morgan fingerprint density at radius 3 is 1.38 bits per heavy atom. The van der Waals surface area contributed by atoms with Crippen molar-refractivity contribution in [3.8, 4) is 0 Å². The second-order valence-corrected chi connectivity index (χ2v) is 10.3. The van der Waals surface area contributed by atoms with Crippen LogP contribution in [0.2, 0.25) is 0 Å². The molecule has 0 aliphatic rings. The molecule has 0 aromatic heterocycles. The summed E-state index contributed by atoms with van der Waals surface area (Å²) in [7, 11) is 0. The van der Waals surface area contributed by atoms with Gasteiger partial charge in [0.05, 0.1) is 6.92 Å². The van der Waals surface area contributed by atoms with Crippen LogP contribution in [0.25, 0.3) is 0 Å². The molecule has 0 aliphatic heterocycles. The summed E-state index contributed by atoms with van der Waals surface area (Å²) in [5.41, 5.74) is 2.94. The molecule has 0 spiro atoms. The Bertz CT molecular complexity index is 522. The molecule has 0 saturated carbocycles. The van der Waals surface area contributed by atoms with E-state index in [2.05, 4.69) is 90.1 Å². The van der Waals surface area contributed by atoms with Crippen molar-refractivity contribution in [2.45, 2.75) is 45.4 Å². The van der Waals surface area contributed by atoms with E-state index in [9.17, 15) is 0 Å².